The van der Waals surface area contributed by atoms with Gasteiger partial charge in [0.05, 0.1) is 5.25 Å². The standard InChI is InChI=1S/C24H26FN3OS/c1-16(23(29)26-15-17-7-3-2-4-8-17)30-24-21-10-6-5-9-20(21)22(27-28-24)18-11-13-19(25)14-12-18/h5-6,9-14,16-17H,2-4,7-8,15H2,1H3,(H,26,29)/t16-/m0/s1. The Balaban J connectivity index is 1.50. The van der Waals surface area contributed by atoms with Gasteiger partial charge in [0.25, 0.3) is 0 Å². The zero-order valence-corrected chi connectivity index (χ0v) is 17.9. The fraction of sp³-hybridized carbons (Fsp3) is 0.375. The molecule has 1 saturated carbocycles. The monoisotopic (exact) mass is 423 g/mol. The number of carbonyl (C=O) groups excluding carboxylic acids is 1. The van der Waals surface area contributed by atoms with Crippen molar-refractivity contribution in [2.45, 2.75) is 49.3 Å². The van der Waals surface area contributed by atoms with E-state index in [1.165, 1.54) is 56.0 Å². The van der Waals surface area contributed by atoms with E-state index < -0.39 is 0 Å². The highest BCUT2D eigenvalue weighted by Gasteiger charge is 2.20. The second-order valence-electron chi connectivity index (χ2n) is 7.92. The van der Waals surface area contributed by atoms with Gasteiger partial charge in [-0.1, -0.05) is 55.3 Å². The molecule has 1 amide bonds. The topological polar surface area (TPSA) is 54.9 Å². The summed E-state index contributed by atoms with van der Waals surface area (Å²) >= 11 is 1.43. The van der Waals surface area contributed by atoms with E-state index >= 15 is 0 Å². The van der Waals surface area contributed by atoms with Gasteiger partial charge in [-0.25, -0.2) is 4.39 Å². The van der Waals surface area contributed by atoms with Crippen LogP contribution in [0.5, 0.6) is 0 Å². The van der Waals surface area contributed by atoms with Crippen LogP contribution in [0.25, 0.3) is 22.0 Å². The number of rotatable bonds is 6. The number of benzene rings is 2. The highest BCUT2D eigenvalue weighted by atomic mass is 32.2. The van der Waals surface area contributed by atoms with Crippen LogP contribution < -0.4 is 5.32 Å². The third kappa shape index (κ3) is 4.81. The minimum atomic E-state index is -0.281. The summed E-state index contributed by atoms with van der Waals surface area (Å²) in [5, 5.41) is 14.3. The molecule has 1 N–H and O–H groups in total. The first-order chi connectivity index (χ1) is 14.6. The molecule has 6 heteroatoms. The number of nitrogens with zero attached hydrogens (tertiary/aromatic N) is 2. The number of hydrogen-bond acceptors (Lipinski definition) is 4. The van der Waals surface area contributed by atoms with Gasteiger partial charge in [0.2, 0.25) is 5.91 Å². The van der Waals surface area contributed by atoms with E-state index in [2.05, 4.69) is 15.5 Å². The van der Waals surface area contributed by atoms with Crippen molar-refractivity contribution in [1.82, 2.24) is 15.5 Å². The Bertz CT molecular complexity index is 1020. The van der Waals surface area contributed by atoms with Crippen LogP contribution in [0.2, 0.25) is 0 Å². The maximum absolute atomic E-state index is 13.3. The van der Waals surface area contributed by atoms with Crippen LogP contribution in [-0.4, -0.2) is 27.9 Å². The van der Waals surface area contributed by atoms with Gasteiger partial charge in [0, 0.05) is 22.9 Å². The fourth-order valence-electron chi connectivity index (χ4n) is 3.99. The van der Waals surface area contributed by atoms with Crippen LogP contribution in [0, 0.1) is 11.7 Å². The lowest BCUT2D eigenvalue weighted by Gasteiger charge is -2.22. The number of aromatic nitrogens is 2. The Kier molecular flexibility index (Phi) is 6.62. The second-order valence-corrected chi connectivity index (χ2v) is 9.25. The highest BCUT2D eigenvalue weighted by Crippen LogP contribution is 2.33. The van der Waals surface area contributed by atoms with E-state index in [1.807, 2.05) is 31.2 Å². The van der Waals surface area contributed by atoms with Gasteiger partial charge in [-0.05, 0) is 49.9 Å². The second kappa shape index (κ2) is 9.56. The van der Waals surface area contributed by atoms with Gasteiger partial charge in [-0.2, -0.15) is 0 Å². The van der Waals surface area contributed by atoms with Crippen LogP contribution in [-0.2, 0) is 4.79 Å². The zero-order chi connectivity index (χ0) is 20.9. The van der Waals surface area contributed by atoms with Gasteiger partial charge in [-0.15, -0.1) is 10.2 Å². The number of nitrogens with one attached hydrogen (secondary N) is 1. The molecule has 1 heterocycles. The van der Waals surface area contributed by atoms with Crippen LogP contribution >= 0.6 is 11.8 Å². The maximum Gasteiger partial charge on any atom is 0.233 e. The summed E-state index contributed by atoms with van der Waals surface area (Å²) < 4.78 is 13.3. The maximum atomic E-state index is 13.3. The molecule has 3 aromatic rings. The SMILES string of the molecule is C[C@H](Sc1nnc(-c2ccc(F)cc2)c2ccccc12)C(=O)NCC1CCCCC1. The molecular formula is C24H26FN3OS. The van der Waals surface area contributed by atoms with Crippen molar-refractivity contribution in [2.75, 3.05) is 6.54 Å². The van der Waals surface area contributed by atoms with Gasteiger partial charge in [0.1, 0.15) is 16.5 Å². The summed E-state index contributed by atoms with van der Waals surface area (Å²) in [7, 11) is 0. The normalized spacial score (nSPS) is 15.8. The third-order valence-corrected chi connectivity index (χ3v) is 6.81. The van der Waals surface area contributed by atoms with Gasteiger partial charge >= 0.3 is 0 Å². The van der Waals surface area contributed by atoms with Crippen molar-refractivity contribution in [3.05, 3.63) is 54.3 Å². The molecule has 0 radical (unpaired) electrons. The number of thioether (sulfide) groups is 1. The molecule has 1 aromatic heterocycles. The van der Waals surface area contributed by atoms with Crippen molar-refractivity contribution in [3.63, 3.8) is 0 Å². The van der Waals surface area contributed by atoms with Crippen molar-refractivity contribution >= 4 is 28.4 Å². The average Bonchev–Trinajstić information content (AvgIpc) is 2.79. The number of hydrogen-bond donors (Lipinski definition) is 1. The summed E-state index contributed by atoms with van der Waals surface area (Å²) in [6.45, 7) is 2.67. The van der Waals surface area contributed by atoms with E-state index in [9.17, 15) is 9.18 Å². The largest absolute Gasteiger partial charge is 0.355 e. The molecule has 2 aromatic carbocycles. The van der Waals surface area contributed by atoms with E-state index in [0.717, 1.165) is 27.9 Å². The van der Waals surface area contributed by atoms with Crippen molar-refractivity contribution in [2.24, 2.45) is 5.92 Å². The van der Waals surface area contributed by atoms with Gasteiger partial charge < -0.3 is 5.32 Å². The Morgan fingerprint density at radius 3 is 2.50 bits per heavy atom. The number of halogens is 1. The van der Waals surface area contributed by atoms with E-state index in [-0.39, 0.29) is 17.0 Å². The molecule has 30 heavy (non-hydrogen) atoms. The molecule has 0 aliphatic heterocycles. The first-order valence-corrected chi connectivity index (χ1v) is 11.5. The predicted octanol–water partition coefficient (Wildman–Crippen LogP) is 5.61. The summed E-state index contributed by atoms with van der Waals surface area (Å²) in [6, 6.07) is 14.1. The molecular weight excluding hydrogens is 397 g/mol. The van der Waals surface area contributed by atoms with E-state index in [4.69, 9.17) is 0 Å². The van der Waals surface area contributed by atoms with Crippen LogP contribution in [0.3, 0.4) is 0 Å². The predicted molar refractivity (Wildman–Crippen MR) is 120 cm³/mol. The minimum Gasteiger partial charge on any atom is -0.355 e. The molecule has 4 nitrogen and oxygen atoms in total. The Morgan fingerprint density at radius 1 is 1.07 bits per heavy atom. The smallest absolute Gasteiger partial charge is 0.233 e. The van der Waals surface area contributed by atoms with Crippen LogP contribution in [0.1, 0.15) is 39.0 Å². The highest BCUT2D eigenvalue weighted by molar-refractivity contribution is 8.00. The lowest BCUT2D eigenvalue weighted by Crippen LogP contribution is -2.35. The van der Waals surface area contributed by atoms with E-state index in [0.29, 0.717) is 11.6 Å². The minimum absolute atomic E-state index is 0.0408. The Hall–Kier alpha value is -2.47. The summed E-state index contributed by atoms with van der Waals surface area (Å²) in [5.41, 5.74) is 1.53. The molecule has 1 atom stereocenters. The molecule has 0 spiro atoms. The lowest BCUT2D eigenvalue weighted by atomic mass is 9.89. The lowest BCUT2D eigenvalue weighted by molar-refractivity contribution is -0.120. The number of fused-ring (bicyclic) bond motifs is 1. The van der Waals surface area contributed by atoms with Gasteiger partial charge in [0.15, 0.2) is 0 Å². The number of amides is 1. The van der Waals surface area contributed by atoms with Crippen molar-refractivity contribution in [1.29, 1.82) is 0 Å². The first-order valence-electron chi connectivity index (χ1n) is 10.6. The Morgan fingerprint density at radius 2 is 1.77 bits per heavy atom. The molecule has 4 rings (SSSR count). The summed E-state index contributed by atoms with van der Waals surface area (Å²) in [6.07, 6.45) is 6.28. The third-order valence-electron chi connectivity index (χ3n) is 5.72. The molecule has 156 valence electrons. The molecule has 0 saturated heterocycles. The van der Waals surface area contributed by atoms with Crippen LogP contribution in [0.4, 0.5) is 4.39 Å². The Labute approximate surface area is 180 Å². The molecule has 0 bridgehead atoms. The van der Waals surface area contributed by atoms with Crippen molar-refractivity contribution < 1.29 is 9.18 Å². The number of carbonyl (C=O) groups is 1. The molecule has 1 fully saturated rings. The molecule has 1 aliphatic rings. The average molecular weight is 424 g/mol. The zero-order valence-electron chi connectivity index (χ0n) is 17.1. The quantitative estimate of drug-likeness (QED) is 0.523. The fourth-order valence-corrected chi connectivity index (χ4v) is 4.91. The first kappa shape index (κ1) is 20.8. The summed E-state index contributed by atoms with van der Waals surface area (Å²) in [4.78, 5) is 12.6. The van der Waals surface area contributed by atoms with Gasteiger partial charge in [-0.3, -0.25) is 4.79 Å². The van der Waals surface area contributed by atoms with Crippen LogP contribution in [0.15, 0.2) is 53.6 Å². The van der Waals surface area contributed by atoms with E-state index in [1.54, 1.807) is 12.1 Å². The molecule has 1 aliphatic carbocycles. The van der Waals surface area contributed by atoms with Crippen molar-refractivity contribution in [3.8, 4) is 11.3 Å². The molecule has 0 unspecified atom stereocenters. The summed E-state index contributed by atoms with van der Waals surface area (Å²) in [5.74, 6) is 0.367.